The van der Waals surface area contributed by atoms with Crippen LogP contribution in [0.1, 0.15) is 10.4 Å². The average molecular weight is 204 g/mol. The summed E-state index contributed by atoms with van der Waals surface area (Å²) in [5.41, 5.74) is 0.394. The van der Waals surface area contributed by atoms with Crippen LogP contribution in [0.5, 0.6) is 0 Å². The molecule has 1 aromatic heterocycles. The average Bonchev–Trinajstić information content (AvgIpc) is 2.15. The third-order valence-corrected chi connectivity index (χ3v) is 1.22. The quantitative estimate of drug-likeness (QED) is 0.733. The van der Waals surface area contributed by atoms with Crippen LogP contribution in [0.3, 0.4) is 0 Å². The lowest BCUT2D eigenvalue weighted by Gasteiger charge is -2.00. The molecule has 0 aliphatic rings. The number of aliphatic hydroxyl groups is 1. The summed E-state index contributed by atoms with van der Waals surface area (Å²) in [6, 6.07) is 3.25. The molecule has 0 unspecified atom stereocenters. The Morgan fingerprint density at radius 3 is 2.92 bits per heavy atom. The fourth-order valence-electron chi connectivity index (χ4n) is 0.705. The minimum Gasteiger partial charge on any atom is -0.460 e. The van der Waals surface area contributed by atoms with Crippen molar-refractivity contribution in [2.45, 2.75) is 0 Å². The molecule has 1 rings (SSSR count). The summed E-state index contributed by atoms with van der Waals surface area (Å²) in [6.45, 7) is -0.139. The normalized spacial score (nSPS) is 8.69. The number of nitrogens with zero attached hydrogens (tertiary/aromatic N) is 1. The van der Waals surface area contributed by atoms with Crippen LogP contribution in [0.25, 0.3) is 0 Å². The van der Waals surface area contributed by atoms with Gasteiger partial charge in [0.1, 0.15) is 6.61 Å². The Bertz CT molecular complexity index is 253. The summed E-state index contributed by atoms with van der Waals surface area (Å²) < 4.78 is 4.65. The van der Waals surface area contributed by atoms with E-state index in [1.807, 2.05) is 0 Å². The minimum atomic E-state index is -0.461. The summed E-state index contributed by atoms with van der Waals surface area (Å²) in [6.07, 6.45) is 2.99. The molecule has 4 nitrogen and oxygen atoms in total. The number of aliphatic hydroxyl groups excluding tert-OH is 1. The van der Waals surface area contributed by atoms with Gasteiger partial charge in [0.2, 0.25) is 0 Å². The predicted molar refractivity (Wildman–Crippen MR) is 48.9 cm³/mol. The molecular formula is C8H10ClNO3. The Labute approximate surface area is 82.0 Å². The van der Waals surface area contributed by atoms with Gasteiger partial charge in [0, 0.05) is 12.4 Å². The number of rotatable bonds is 3. The van der Waals surface area contributed by atoms with Crippen molar-refractivity contribution >= 4 is 18.4 Å². The molecule has 0 aliphatic carbocycles. The summed E-state index contributed by atoms with van der Waals surface area (Å²) in [4.78, 5) is 14.8. The largest absolute Gasteiger partial charge is 0.460 e. The molecular weight excluding hydrogens is 194 g/mol. The lowest BCUT2D eigenvalue weighted by molar-refractivity contribution is 0.0433. The van der Waals surface area contributed by atoms with Crippen LogP contribution in [0.2, 0.25) is 0 Å². The number of ether oxygens (including phenoxy) is 1. The van der Waals surface area contributed by atoms with E-state index in [-0.39, 0.29) is 25.6 Å². The number of hydrogen-bond acceptors (Lipinski definition) is 4. The Hall–Kier alpha value is -1.13. The third kappa shape index (κ3) is 3.87. The standard InChI is InChI=1S/C8H9NO3.ClH/c10-4-5-12-8(11)7-2-1-3-9-6-7;/h1-3,6,10H,4-5H2;1H. The monoisotopic (exact) mass is 203 g/mol. The first kappa shape index (κ1) is 11.9. The maximum absolute atomic E-state index is 11.0. The fourth-order valence-corrected chi connectivity index (χ4v) is 0.705. The summed E-state index contributed by atoms with van der Waals surface area (Å²) in [5, 5.41) is 8.37. The maximum Gasteiger partial charge on any atom is 0.339 e. The number of esters is 1. The van der Waals surface area contributed by atoms with Gasteiger partial charge in [-0.15, -0.1) is 12.4 Å². The fraction of sp³-hybridized carbons (Fsp3) is 0.250. The van der Waals surface area contributed by atoms with Crippen LogP contribution < -0.4 is 0 Å². The van der Waals surface area contributed by atoms with E-state index in [1.165, 1.54) is 6.20 Å². The molecule has 0 atom stereocenters. The van der Waals surface area contributed by atoms with Gasteiger partial charge < -0.3 is 9.84 Å². The van der Waals surface area contributed by atoms with Crippen molar-refractivity contribution in [3.63, 3.8) is 0 Å². The highest BCUT2D eigenvalue weighted by Crippen LogP contribution is 1.97. The number of carbonyl (C=O) groups is 1. The highest BCUT2D eigenvalue weighted by molar-refractivity contribution is 5.88. The Kier molecular flexibility index (Phi) is 5.84. The van der Waals surface area contributed by atoms with E-state index in [2.05, 4.69) is 9.72 Å². The van der Waals surface area contributed by atoms with Gasteiger partial charge in [0.25, 0.3) is 0 Å². The van der Waals surface area contributed by atoms with Crippen LogP contribution in [0.4, 0.5) is 0 Å². The molecule has 5 heteroatoms. The summed E-state index contributed by atoms with van der Waals surface area (Å²) >= 11 is 0. The first-order valence-corrected chi connectivity index (χ1v) is 3.52. The number of pyridine rings is 1. The van der Waals surface area contributed by atoms with Crippen molar-refractivity contribution in [3.05, 3.63) is 30.1 Å². The van der Waals surface area contributed by atoms with Crippen molar-refractivity contribution in [2.75, 3.05) is 13.2 Å². The molecule has 0 saturated heterocycles. The number of carbonyl (C=O) groups excluding carboxylic acids is 1. The Morgan fingerprint density at radius 1 is 1.62 bits per heavy atom. The number of halogens is 1. The van der Waals surface area contributed by atoms with Crippen molar-refractivity contribution in [1.82, 2.24) is 4.98 Å². The second-order valence-electron chi connectivity index (χ2n) is 2.10. The van der Waals surface area contributed by atoms with Gasteiger partial charge in [0.15, 0.2) is 0 Å². The molecule has 0 bridgehead atoms. The van der Waals surface area contributed by atoms with Crippen LogP contribution in [0, 0.1) is 0 Å². The van der Waals surface area contributed by atoms with E-state index in [1.54, 1.807) is 18.3 Å². The van der Waals surface area contributed by atoms with Gasteiger partial charge in [-0.05, 0) is 12.1 Å². The minimum absolute atomic E-state index is 0. The second-order valence-corrected chi connectivity index (χ2v) is 2.10. The molecule has 0 radical (unpaired) electrons. The second kappa shape index (κ2) is 6.39. The zero-order valence-electron chi connectivity index (χ0n) is 6.84. The molecule has 0 amide bonds. The molecule has 13 heavy (non-hydrogen) atoms. The SMILES string of the molecule is Cl.O=C(OCCO)c1cccnc1. The van der Waals surface area contributed by atoms with Crippen LogP contribution in [-0.2, 0) is 4.74 Å². The first-order chi connectivity index (χ1) is 5.84. The predicted octanol–water partition coefficient (Wildman–Crippen LogP) is 0.652. The van der Waals surface area contributed by atoms with E-state index < -0.39 is 5.97 Å². The lowest BCUT2D eigenvalue weighted by atomic mass is 10.3. The molecule has 1 aromatic rings. The first-order valence-electron chi connectivity index (χ1n) is 3.52. The topological polar surface area (TPSA) is 59.4 Å². The Balaban J connectivity index is 0.00000144. The molecule has 72 valence electrons. The zero-order valence-corrected chi connectivity index (χ0v) is 7.66. The van der Waals surface area contributed by atoms with Crippen LogP contribution >= 0.6 is 12.4 Å². The number of aromatic nitrogens is 1. The van der Waals surface area contributed by atoms with E-state index >= 15 is 0 Å². The Morgan fingerprint density at radius 2 is 2.38 bits per heavy atom. The maximum atomic E-state index is 11.0. The van der Waals surface area contributed by atoms with Crippen molar-refractivity contribution in [3.8, 4) is 0 Å². The van der Waals surface area contributed by atoms with E-state index in [0.717, 1.165) is 0 Å². The van der Waals surface area contributed by atoms with Gasteiger partial charge in [-0.1, -0.05) is 0 Å². The van der Waals surface area contributed by atoms with Crippen molar-refractivity contribution in [1.29, 1.82) is 0 Å². The highest BCUT2D eigenvalue weighted by Gasteiger charge is 2.04. The molecule has 0 fully saturated rings. The summed E-state index contributed by atoms with van der Waals surface area (Å²) in [7, 11) is 0. The molecule has 1 N–H and O–H groups in total. The molecule has 0 aromatic carbocycles. The van der Waals surface area contributed by atoms with Crippen LogP contribution in [-0.4, -0.2) is 29.3 Å². The van der Waals surface area contributed by atoms with Crippen molar-refractivity contribution in [2.24, 2.45) is 0 Å². The van der Waals surface area contributed by atoms with Gasteiger partial charge in [0.05, 0.1) is 12.2 Å². The van der Waals surface area contributed by atoms with Gasteiger partial charge >= 0.3 is 5.97 Å². The van der Waals surface area contributed by atoms with E-state index in [4.69, 9.17) is 5.11 Å². The molecule has 0 aliphatic heterocycles. The lowest BCUT2D eigenvalue weighted by Crippen LogP contribution is -2.08. The van der Waals surface area contributed by atoms with Gasteiger partial charge in [-0.3, -0.25) is 4.98 Å². The van der Waals surface area contributed by atoms with E-state index in [0.29, 0.717) is 5.56 Å². The zero-order chi connectivity index (χ0) is 8.81. The molecule has 1 heterocycles. The number of hydrogen-bond donors (Lipinski definition) is 1. The van der Waals surface area contributed by atoms with Crippen LogP contribution in [0.15, 0.2) is 24.5 Å². The van der Waals surface area contributed by atoms with E-state index in [9.17, 15) is 4.79 Å². The van der Waals surface area contributed by atoms with Gasteiger partial charge in [-0.2, -0.15) is 0 Å². The molecule has 0 saturated carbocycles. The van der Waals surface area contributed by atoms with Crippen molar-refractivity contribution < 1.29 is 14.6 Å². The van der Waals surface area contributed by atoms with Gasteiger partial charge in [-0.25, -0.2) is 4.79 Å². The summed E-state index contributed by atoms with van der Waals surface area (Å²) in [5.74, 6) is -0.461. The smallest absolute Gasteiger partial charge is 0.339 e. The third-order valence-electron chi connectivity index (χ3n) is 1.22. The molecule has 0 spiro atoms. The highest BCUT2D eigenvalue weighted by atomic mass is 35.5.